The lowest BCUT2D eigenvalue weighted by atomic mass is 10.1. The van der Waals surface area contributed by atoms with Crippen LogP contribution in [0.5, 0.6) is 0 Å². The van der Waals surface area contributed by atoms with Crippen LogP contribution in [0.3, 0.4) is 0 Å². The van der Waals surface area contributed by atoms with Crippen LogP contribution < -0.4 is 5.32 Å². The Kier molecular flexibility index (Phi) is 2.69. The minimum atomic E-state index is 0.241. The third-order valence-corrected chi connectivity index (χ3v) is 3.49. The fraction of sp³-hybridized carbons (Fsp3) is 0.357. The Balaban J connectivity index is 1.62. The molecule has 1 N–H and O–H groups in total. The second kappa shape index (κ2) is 4.34. The third-order valence-electron chi connectivity index (χ3n) is 3.49. The molecule has 3 rings (SSSR count). The fourth-order valence-corrected chi connectivity index (χ4v) is 2.53. The maximum atomic E-state index is 12.1. The molecule has 0 radical (unpaired) electrons. The van der Waals surface area contributed by atoms with Crippen molar-refractivity contribution in [2.45, 2.75) is 6.42 Å². The molecule has 17 heavy (non-hydrogen) atoms. The highest BCUT2D eigenvalue weighted by Gasteiger charge is 2.27. The van der Waals surface area contributed by atoms with Crippen LogP contribution in [0.25, 0.3) is 0 Å². The molecule has 0 saturated heterocycles. The molecule has 0 atom stereocenters. The van der Waals surface area contributed by atoms with Gasteiger partial charge in [0.05, 0.1) is 6.42 Å². The molecule has 0 unspecified atom stereocenters. The van der Waals surface area contributed by atoms with Crippen LogP contribution in [0.1, 0.15) is 5.56 Å². The van der Waals surface area contributed by atoms with Crippen LogP contribution in [0, 0.1) is 0 Å². The molecular weight excluding hydrogens is 212 g/mol. The van der Waals surface area contributed by atoms with E-state index in [2.05, 4.69) is 5.32 Å². The summed E-state index contributed by atoms with van der Waals surface area (Å²) in [5, 5.41) is 3.32. The third kappa shape index (κ3) is 2.11. The Bertz CT molecular complexity index is 448. The first-order chi connectivity index (χ1) is 8.33. The summed E-state index contributed by atoms with van der Waals surface area (Å²) < 4.78 is 0. The van der Waals surface area contributed by atoms with Crippen molar-refractivity contribution >= 4 is 5.91 Å². The zero-order chi connectivity index (χ0) is 11.7. The van der Waals surface area contributed by atoms with Gasteiger partial charge in [0.2, 0.25) is 5.91 Å². The highest BCUT2D eigenvalue weighted by atomic mass is 16.2. The average Bonchev–Trinajstić information content (AvgIpc) is 2.90. The number of nitrogens with one attached hydrogen (secondary N) is 1. The van der Waals surface area contributed by atoms with Gasteiger partial charge in [-0.25, -0.2) is 0 Å². The van der Waals surface area contributed by atoms with Gasteiger partial charge in [-0.15, -0.1) is 0 Å². The van der Waals surface area contributed by atoms with E-state index in [1.165, 1.54) is 11.1 Å². The van der Waals surface area contributed by atoms with Crippen molar-refractivity contribution in [2.24, 2.45) is 0 Å². The van der Waals surface area contributed by atoms with Crippen molar-refractivity contribution in [3.05, 3.63) is 47.0 Å². The van der Waals surface area contributed by atoms with Crippen molar-refractivity contribution in [2.75, 3.05) is 26.2 Å². The molecule has 0 aliphatic carbocycles. The number of benzene rings is 1. The first-order valence-electron chi connectivity index (χ1n) is 6.05. The topological polar surface area (TPSA) is 32.3 Å². The highest BCUT2D eigenvalue weighted by Crippen LogP contribution is 2.21. The summed E-state index contributed by atoms with van der Waals surface area (Å²) in [7, 11) is 0. The van der Waals surface area contributed by atoms with Crippen LogP contribution >= 0.6 is 0 Å². The molecule has 1 amide bonds. The lowest BCUT2D eigenvalue weighted by molar-refractivity contribution is -0.129. The van der Waals surface area contributed by atoms with Crippen LogP contribution in [-0.2, 0) is 11.2 Å². The number of carbonyl (C=O) groups excluding carboxylic acids is 1. The van der Waals surface area contributed by atoms with Gasteiger partial charge in [0.25, 0.3) is 0 Å². The van der Waals surface area contributed by atoms with Crippen LogP contribution in [0.4, 0.5) is 0 Å². The van der Waals surface area contributed by atoms with Crippen molar-refractivity contribution in [1.29, 1.82) is 0 Å². The lowest BCUT2D eigenvalue weighted by Crippen LogP contribution is -2.33. The van der Waals surface area contributed by atoms with Crippen LogP contribution in [0.2, 0.25) is 0 Å². The first kappa shape index (κ1) is 10.5. The fourth-order valence-electron chi connectivity index (χ4n) is 2.53. The Morgan fingerprint density at radius 2 is 1.76 bits per heavy atom. The van der Waals surface area contributed by atoms with Crippen LogP contribution in [-0.4, -0.2) is 37.0 Å². The standard InChI is InChI=1S/C14H16N2O/c17-14(6-11-4-2-1-3-5-11)16-9-12-7-15-8-13(12)10-16/h1-5,15H,6-10H2. The van der Waals surface area contributed by atoms with E-state index in [9.17, 15) is 4.79 Å². The first-order valence-corrected chi connectivity index (χ1v) is 6.05. The smallest absolute Gasteiger partial charge is 0.227 e. The molecule has 0 fully saturated rings. The predicted octanol–water partition coefficient (Wildman–Crippen LogP) is 0.971. The van der Waals surface area contributed by atoms with E-state index in [0.29, 0.717) is 6.42 Å². The normalized spacial score (nSPS) is 18.7. The number of amides is 1. The molecular formula is C14H16N2O. The molecule has 0 aromatic heterocycles. The van der Waals surface area contributed by atoms with Gasteiger partial charge in [-0.1, -0.05) is 30.3 Å². The van der Waals surface area contributed by atoms with Gasteiger partial charge in [-0.3, -0.25) is 4.79 Å². The van der Waals surface area contributed by atoms with E-state index >= 15 is 0 Å². The Morgan fingerprint density at radius 1 is 1.12 bits per heavy atom. The van der Waals surface area contributed by atoms with E-state index in [4.69, 9.17) is 0 Å². The van der Waals surface area contributed by atoms with E-state index in [0.717, 1.165) is 31.7 Å². The Labute approximate surface area is 101 Å². The van der Waals surface area contributed by atoms with E-state index in [1.807, 2.05) is 35.2 Å². The SMILES string of the molecule is O=C(Cc1ccccc1)N1CC2=C(CNC2)C1. The minimum Gasteiger partial charge on any atom is -0.334 e. The van der Waals surface area contributed by atoms with Crippen molar-refractivity contribution in [3.8, 4) is 0 Å². The second-order valence-corrected chi connectivity index (χ2v) is 4.72. The summed E-state index contributed by atoms with van der Waals surface area (Å²) in [5.41, 5.74) is 3.94. The molecule has 2 aliphatic heterocycles. The summed E-state index contributed by atoms with van der Waals surface area (Å²) >= 11 is 0. The van der Waals surface area contributed by atoms with E-state index in [-0.39, 0.29) is 5.91 Å². The molecule has 2 heterocycles. The average molecular weight is 228 g/mol. The quantitative estimate of drug-likeness (QED) is 0.765. The molecule has 3 nitrogen and oxygen atoms in total. The molecule has 1 aromatic rings. The maximum absolute atomic E-state index is 12.1. The Hall–Kier alpha value is -1.61. The number of carbonyl (C=O) groups is 1. The summed E-state index contributed by atoms with van der Waals surface area (Å²) in [6.07, 6.45) is 0.523. The van der Waals surface area contributed by atoms with Gasteiger partial charge in [-0.2, -0.15) is 0 Å². The summed E-state index contributed by atoms with van der Waals surface area (Å²) in [6.45, 7) is 3.58. The zero-order valence-electron chi connectivity index (χ0n) is 9.78. The summed E-state index contributed by atoms with van der Waals surface area (Å²) in [5.74, 6) is 0.241. The number of nitrogens with zero attached hydrogens (tertiary/aromatic N) is 1. The van der Waals surface area contributed by atoms with Gasteiger partial charge < -0.3 is 10.2 Å². The second-order valence-electron chi connectivity index (χ2n) is 4.72. The lowest BCUT2D eigenvalue weighted by Gasteiger charge is -2.18. The van der Waals surface area contributed by atoms with Gasteiger partial charge in [0.1, 0.15) is 0 Å². The zero-order valence-corrected chi connectivity index (χ0v) is 9.78. The van der Waals surface area contributed by atoms with E-state index in [1.54, 1.807) is 0 Å². The van der Waals surface area contributed by atoms with Gasteiger partial charge in [-0.05, 0) is 16.7 Å². The number of hydrogen-bond acceptors (Lipinski definition) is 2. The molecule has 2 aliphatic rings. The van der Waals surface area contributed by atoms with Gasteiger partial charge in [0, 0.05) is 26.2 Å². The molecule has 0 bridgehead atoms. The molecule has 88 valence electrons. The number of rotatable bonds is 2. The minimum absolute atomic E-state index is 0.241. The molecule has 1 aromatic carbocycles. The highest BCUT2D eigenvalue weighted by molar-refractivity contribution is 5.80. The van der Waals surface area contributed by atoms with Crippen molar-refractivity contribution in [1.82, 2.24) is 10.2 Å². The summed E-state index contributed by atoms with van der Waals surface area (Å²) in [4.78, 5) is 14.1. The monoisotopic (exact) mass is 228 g/mol. The summed E-state index contributed by atoms with van der Waals surface area (Å²) in [6, 6.07) is 9.96. The van der Waals surface area contributed by atoms with Gasteiger partial charge in [0.15, 0.2) is 0 Å². The van der Waals surface area contributed by atoms with Crippen molar-refractivity contribution < 1.29 is 4.79 Å². The predicted molar refractivity (Wildman–Crippen MR) is 66.6 cm³/mol. The van der Waals surface area contributed by atoms with E-state index < -0.39 is 0 Å². The molecule has 3 heteroatoms. The largest absolute Gasteiger partial charge is 0.334 e. The van der Waals surface area contributed by atoms with Crippen molar-refractivity contribution in [3.63, 3.8) is 0 Å². The molecule has 0 saturated carbocycles. The number of hydrogen-bond donors (Lipinski definition) is 1. The van der Waals surface area contributed by atoms with Crippen LogP contribution in [0.15, 0.2) is 41.5 Å². The Morgan fingerprint density at radius 3 is 2.41 bits per heavy atom. The molecule has 0 spiro atoms. The maximum Gasteiger partial charge on any atom is 0.227 e. The van der Waals surface area contributed by atoms with Gasteiger partial charge >= 0.3 is 0 Å².